The molecule has 2 aromatic rings. The second kappa shape index (κ2) is 5.10. The van der Waals surface area contributed by atoms with Crippen molar-refractivity contribution in [3.8, 4) is 5.69 Å². The molecule has 2 rings (SSSR count). The second-order valence-electron chi connectivity index (χ2n) is 3.68. The maximum Gasteiger partial charge on any atom is 0.311 e. The molecule has 6 heteroatoms. The number of esters is 1. The summed E-state index contributed by atoms with van der Waals surface area (Å²) in [5.41, 5.74) is 0.915. The van der Waals surface area contributed by atoms with Crippen LogP contribution in [0.3, 0.4) is 0 Å². The van der Waals surface area contributed by atoms with E-state index < -0.39 is 5.97 Å². The summed E-state index contributed by atoms with van der Waals surface area (Å²) in [6, 6.07) is 8.16. The van der Waals surface area contributed by atoms with E-state index in [0.29, 0.717) is 16.4 Å². The van der Waals surface area contributed by atoms with Gasteiger partial charge in [0.15, 0.2) is 0 Å². The minimum Gasteiger partial charge on any atom is -0.469 e. The number of nitrogens with one attached hydrogen (secondary N) is 1. The van der Waals surface area contributed by atoms with Crippen LogP contribution in [-0.2, 0) is 16.0 Å². The highest BCUT2D eigenvalue weighted by Gasteiger charge is 2.09. The van der Waals surface area contributed by atoms with Gasteiger partial charge in [0.1, 0.15) is 0 Å². The molecule has 0 aliphatic carbocycles. The van der Waals surface area contributed by atoms with Crippen molar-refractivity contribution in [3.05, 3.63) is 51.4 Å². The molecule has 18 heavy (non-hydrogen) atoms. The fourth-order valence-corrected chi connectivity index (χ4v) is 1.67. The summed E-state index contributed by atoms with van der Waals surface area (Å²) in [5, 5.41) is 3.43. The number of H-pyrrole nitrogens is 1. The van der Waals surface area contributed by atoms with Crippen molar-refractivity contribution in [2.45, 2.75) is 6.42 Å². The lowest BCUT2D eigenvalue weighted by Gasteiger charge is -2.01. The molecular weight excluding hydrogens is 256 g/mol. The summed E-state index contributed by atoms with van der Waals surface area (Å²) in [6.07, 6.45) is 0.0341. The highest BCUT2D eigenvalue weighted by atomic mass is 35.5. The van der Waals surface area contributed by atoms with Gasteiger partial charge < -0.3 is 4.74 Å². The summed E-state index contributed by atoms with van der Waals surface area (Å²) >= 11 is 5.77. The van der Waals surface area contributed by atoms with E-state index in [2.05, 4.69) is 9.84 Å². The monoisotopic (exact) mass is 266 g/mol. The Morgan fingerprint density at radius 3 is 2.67 bits per heavy atom. The SMILES string of the molecule is COC(=O)Cc1cc(=O)n(-c2ccc(Cl)cc2)[nH]1. The molecule has 1 heterocycles. The Kier molecular flexibility index (Phi) is 3.53. The normalized spacial score (nSPS) is 10.3. The number of hydrogen-bond acceptors (Lipinski definition) is 3. The number of ether oxygens (including phenoxy) is 1. The number of carbonyl (C=O) groups excluding carboxylic acids is 1. The molecule has 0 spiro atoms. The van der Waals surface area contributed by atoms with E-state index in [9.17, 15) is 9.59 Å². The summed E-state index contributed by atoms with van der Waals surface area (Å²) in [6.45, 7) is 0. The van der Waals surface area contributed by atoms with Crippen LogP contribution in [0, 0.1) is 0 Å². The number of nitrogens with zero attached hydrogens (tertiary/aromatic N) is 1. The number of aromatic amines is 1. The molecule has 0 bridgehead atoms. The zero-order valence-electron chi connectivity index (χ0n) is 9.64. The topological polar surface area (TPSA) is 64.1 Å². The third-order valence-electron chi connectivity index (χ3n) is 2.42. The molecule has 0 unspecified atom stereocenters. The number of rotatable bonds is 3. The smallest absolute Gasteiger partial charge is 0.311 e. The van der Waals surface area contributed by atoms with E-state index in [-0.39, 0.29) is 12.0 Å². The van der Waals surface area contributed by atoms with Crippen LogP contribution in [0.2, 0.25) is 5.02 Å². The number of benzene rings is 1. The molecule has 1 aromatic heterocycles. The molecule has 0 aliphatic rings. The number of hydrogen-bond donors (Lipinski definition) is 1. The zero-order valence-corrected chi connectivity index (χ0v) is 10.4. The van der Waals surface area contributed by atoms with E-state index in [4.69, 9.17) is 11.6 Å². The Labute approximate surface area is 108 Å². The lowest BCUT2D eigenvalue weighted by Crippen LogP contribution is -2.13. The third kappa shape index (κ3) is 2.62. The van der Waals surface area contributed by atoms with Crippen LogP contribution < -0.4 is 5.56 Å². The molecule has 0 radical (unpaired) electrons. The van der Waals surface area contributed by atoms with E-state index in [1.807, 2.05) is 0 Å². The number of methoxy groups -OCH3 is 1. The molecule has 0 saturated heterocycles. The van der Waals surface area contributed by atoms with Gasteiger partial charge >= 0.3 is 5.97 Å². The Morgan fingerprint density at radius 2 is 2.06 bits per heavy atom. The van der Waals surface area contributed by atoms with Crippen LogP contribution in [0.4, 0.5) is 0 Å². The zero-order chi connectivity index (χ0) is 13.1. The summed E-state index contributed by atoms with van der Waals surface area (Å²) < 4.78 is 5.88. The van der Waals surface area contributed by atoms with Gasteiger partial charge in [-0.15, -0.1) is 0 Å². The van der Waals surface area contributed by atoms with Crippen molar-refractivity contribution in [3.63, 3.8) is 0 Å². The molecule has 0 aliphatic heterocycles. The molecule has 5 nitrogen and oxygen atoms in total. The number of aromatic nitrogens is 2. The molecule has 1 aromatic carbocycles. The maximum atomic E-state index is 11.7. The number of halogens is 1. The van der Waals surface area contributed by atoms with Gasteiger partial charge in [-0.3, -0.25) is 14.7 Å². The quantitative estimate of drug-likeness (QED) is 0.857. The van der Waals surface area contributed by atoms with E-state index in [1.165, 1.54) is 17.9 Å². The van der Waals surface area contributed by atoms with Gasteiger partial charge in [-0.05, 0) is 24.3 Å². The van der Waals surface area contributed by atoms with Gasteiger partial charge in [0, 0.05) is 16.8 Å². The summed E-state index contributed by atoms with van der Waals surface area (Å²) in [5.74, 6) is -0.403. The van der Waals surface area contributed by atoms with Crippen LogP contribution in [0.25, 0.3) is 5.69 Å². The Morgan fingerprint density at radius 1 is 1.39 bits per heavy atom. The highest BCUT2D eigenvalue weighted by Crippen LogP contribution is 2.11. The highest BCUT2D eigenvalue weighted by molar-refractivity contribution is 6.30. The van der Waals surface area contributed by atoms with Crippen molar-refractivity contribution in [1.82, 2.24) is 9.78 Å². The van der Waals surface area contributed by atoms with Gasteiger partial charge in [0.05, 0.1) is 19.2 Å². The van der Waals surface area contributed by atoms with Crippen molar-refractivity contribution >= 4 is 17.6 Å². The van der Waals surface area contributed by atoms with Crippen LogP contribution in [0.1, 0.15) is 5.69 Å². The van der Waals surface area contributed by atoms with Crippen LogP contribution in [0.5, 0.6) is 0 Å². The van der Waals surface area contributed by atoms with E-state index >= 15 is 0 Å². The summed E-state index contributed by atoms with van der Waals surface area (Å²) in [7, 11) is 1.30. The fourth-order valence-electron chi connectivity index (χ4n) is 1.54. The van der Waals surface area contributed by atoms with Crippen molar-refractivity contribution in [1.29, 1.82) is 0 Å². The molecule has 94 valence electrons. The van der Waals surface area contributed by atoms with Gasteiger partial charge in [-0.25, -0.2) is 4.68 Å². The third-order valence-corrected chi connectivity index (χ3v) is 2.67. The minimum absolute atomic E-state index is 0.0341. The van der Waals surface area contributed by atoms with Crippen LogP contribution in [0.15, 0.2) is 35.1 Å². The molecule has 0 fully saturated rings. The van der Waals surface area contributed by atoms with E-state index in [1.54, 1.807) is 24.3 Å². The van der Waals surface area contributed by atoms with Crippen LogP contribution >= 0.6 is 11.6 Å². The van der Waals surface area contributed by atoms with Gasteiger partial charge in [0.25, 0.3) is 5.56 Å². The predicted molar refractivity (Wildman–Crippen MR) is 67.1 cm³/mol. The first-order valence-corrected chi connectivity index (χ1v) is 5.61. The Bertz CT molecular complexity index is 613. The minimum atomic E-state index is -0.403. The van der Waals surface area contributed by atoms with Gasteiger partial charge in [-0.2, -0.15) is 0 Å². The molecule has 0 atom stereocenters. The van der Waals surface area contributed by atoms with Crippen LogP contribution in [-0.4, -0.2) is 22.9 Å². The van der Waals surface area contributed by atoms with Gasteiger partial charge in [-0.1, -0.05) is 11.6 Å². The molecule has 0 amide bonds. The molecular formula is C12H11ClN2O3. The average Bonchev–Trinajstić information content (AvgIpc) is 2.71. The first-order chi connectivity index (χ1) is 8.60. The first-order valence-electron chi connectivity index (χ1n) is 5.24. The standard InChI is InChI=1S/C12H11ClN2O3/c1-18-12(17)7-9-6-11(16)15(14-9)10-4-2-8(13)3-5-10/h2-6,14H,7H2,1H3. The maximum absolute atomic E-state index is 11.7. The number of carbonyl (C=O) groups is 1. The predicted octanol–water partition coefficient (Wildman–Crippen LogP) is 1.53. The fraction of sp³-hybridized carbons (Fsp3) is 0.167. The van der Waals surface area contributed by atoms with Gasteiger partial charge in [0.2, 0.25) is 0 Å². The Balaban J connectivity index is 2.32. The lowest BCUT2D eigenvalue weighted by atomic mass is 10.3. The van der Waals surface area contributed by atoms with Crippen molar-refractivity contribution in [2.24, 2.45) is 0 Å². The second-order valence-corrected chi connectivity index (χ2v) is 4.12. The van der Waals surface area contributed by atoms with E-state index in [0.717, 1.165) is 0 Å². The molecule has 0 saturated carbocycles. The summed E-state index contributed by atoms with van der Waals surface area (Å²) in [4.78, 5) is 22.9. The largest absolute Gasteiger partial charge is 0.469 e. The van der Waals surface area contributed by atoms with Crippen molar-refractivity contribution in [2.75, 3.05) is 7.11 Å². The first kappa shape index (κ1) is 12.4. The van der Waals surface area contributed by atoms with Crippen molar-refractivity contribution < 1.29 is 9.53 Å². The average molecular weight is 267 g/mol. The molecule has 1 N–H and O–H groups in total. The Hall–Kier alpha value is -2.01. The lowest BCUT2D eigenvalue weighted by molar-refractivity contribution is -0.139.